The van der Waals surface area contributed by atoms with E-state index < -0.39 is 5.97 Å². The summed E-state index contributed by atoms with van der Waals surface area (Å²) in [6.45, 7) is 8.08. The molecular weight excluding hydrogens is 554 g/mol. The van der Waals surface area contributed by atoms with Crippen molar-refractivity contribution in [2.75, 3.05) is 38.0 Å². The van der Waals surface area contributed by atoms with Gasteiger partial charge >= 0.3 is 5.97 Å². The van der Waals surface area contributed by atoms with Crippen LogP contribution in [-0.2, 0) is 4.74 Å². The van der Waals surface area contributed by atoms with E-state index in [0.717, 1.165) is 57.2 Å². The molecule has 1 aromatic heterocycles. The van der Waals surface area contributed by atoms with Crippen LogP contribution in [0.5, 0.6) is 0 Å². The van der Waals surface area contributed by atoms with Crippen LogP contribution in [0.4, 0.5) is 5.82 Å². The summed E-state index contributed by atoms with van der Waals surface area (Å²) in [5.41, 5.74) is 5.26. The predicted molar refractivity (Wildman–Crippen MR) is 169 cm³/mol. The number of aryl methyl sites for hydroxylation is 1. The summed E-state index contributed by atoms with van der Waals surface area (Å²) < 4.78 is 6.44. The molecule has 232 valence electrons. The molecule has 0 spiro atoms. The van der Waals surface area contributed by atoms with E-state index in [4.69, 9.17) is 4.74 Å². The number of carboxylic acids is 1. The first kappa shape index (κ1) is 30.2. The van der Waals surface area contributed by atoms with Crippen LogP contribution in [0.3, 0.4) is 0 Å². The summed E-state index contributed by atoms with van der Waals surface area (Å²) >= 11 is 0. The van der Waals surface area contributed by atoms with E-state index in [2.05, 4.69) is 51.4 Å². The highest BCUT2D eigenvalue weighted by Gasteiger charge is 2.33. The van der Waals surface area contributed by atoms with Gasteiger partial charge in [-0.15, -0.1) is 0 Å². The Morgan fingerprint density at radius 3 is 2.36 bits per heavy atom. The molecule has 3 aliphatic heterocycles. The van der Waals surface area contributed by atoms with Crippen LogP contribution in [0, 0.1) is 13.8 Å². The third-order valence-electron chi connectivity index (χ3n) is 9.70. The van der Waals surface area contributed by atoms with E-state index in [0.29, 0.717) is 48.7 Å². The zero-order chi connectivity index (χ0) is 30.6. The molecule has 0 aliphatic carbocycles. The minimum atomic E-state index is -0.892. The molecule has 6 rings (SSSR count). The van der Waals surface area contributed by atoms with E-state index in [1.807, 2.05) is 24.0 Å². The van der Waals surface area contributed by atoms with Crippen molar-refractivity contribution in [2.24, 2.45) is 0 Å². The van der Waals surface area contributed by atoms with Gasteiger partial charge in [0.25, 0.3) is 5.91 Å². The van der Waals surface area contributed by atoms with Crippen molar-refractivity contribution in [1.82, 2.24) is 19.8 Å². The number of carbonyl (C=O) groups excluding carboxylic acids is 1. The van der Waals surface area contributed by atoms with Gasteiger partial charge in [-0.1, -0.05) is 42.0 Å². The zero-order valence-corrected chi connectivity index (χ0v) is 25.7. The van der Waals surface area contributed by atoms with Gasteiger partial charge in [-0.25, -0.2) is 14.8 Å². The Labute approximate surface area is 259 Å². The van der Waals surface area contributed by atoms with Crippen molar-refractivity contribution in [3.8, 4) is 0 Å². The first-order valence-electron chi connectivity index (χ1n) is 16.0. The zero-order valence-electron chi connectivity index (χ0n) is 25.7. The highest BCUT2D eigenvalue weighted by atomic mass is 16.5. The topological polar surface area (TPSA) is 108 Å². The van der Waals surface area contributed by atoms with Gasteiger partial charge in [0, 0.05) is 37.8 Å². The second-order valence-electron chi connectivity index (χ2n) is 12.6. The fraction of sp³-hybridized carbons (Fsp3) is 0.486. The molecule has 0 saturated carbocycles. The Bertz CT molecular complexity index is 1450. The number of carbonyl (C=O) groups is 2. The molecule has 9 heteroatoms. The van der Waals surface area contributed by atoms with Crippen molar-refractivity contribution in [3.05, 3.63) is 88.4 Å². The Hall–Kier alpha value is -3.82. The molecule has 9 nitrogen and oxygen atoms in total. The van der Waals surface area contributed by atoms with Gasteiger partial charge in [0.2, 0.25) is 0 Å². The van der Waals surface area contributed by atoms with Crippen LogP contribution in [-0.4, -0.2) is 81.6 Å². The molecule has 2 aromatic carbocycles. The van der Waals surface area contributed by atoms with Crippen LogP contribution < -0.4 is 5.32 Å². The van der Waals surface area contributed by atoms with E-state index >= 15 is 0 Å². The molecule has 3 aliphatic rings. The molecule has 2 unspecified atom stereocenters. The smallest absolute Gasteiger partial charge is 0.335 e. The fourth-order valence-corrected chi connectivity index (χ4v) is 7.00. The van der Waals surface area contributed by atoms with Gasteiger partial charge in [0.1, 0.15) is 17.8 Å². The highest BCUT2D eigenvalue weighted by molar-refractivity contribution is 5.94. The first-order valence-corrected chi connectivity index (χ1v) is 16.0. The third kappa shape index (κ3) is 6.79. The normalized spacial score (nSPS) is 23.0. The largest absolute Gasteiger partial charge is 0.478 e. The summed E-state index contributed by atoms with van der Waals surface area (Å²) in [4.78, 5) is 38.1. The lowest BCUT2D eigenvalue weighted by atomic mass is 9.97. The molecule has 2 N–H and O–H groups in total. The summed E-state index contributed by atoms with van der Waals surface area (Å²) in [5.74, 6) is 0.188. The number of benzene rings is 2. The SMILES string of the molecule is Cc1ccc(C2CCC[C@H](CNc3ncnc(C(=O)N4CCC(N5CCC(c6ccc(C(=O)O)cc6)C5)CC4)c3C)O2)cc1. The number of rotatable bonds is 8. The number of hydrogen-bond donors (Lipinski definition) is 2. The van der Waals surface area contributed by atoms with E-state index in [-0.39, 0.29) is 18.1 Å². The van der Waals surface area contributed by atoms with Gasteiger partial charge in [-0.3, -0.25) is 9.69 Å². The number of ether oxygens (including phenoxy) is 1. The van der Waals surface area contributed by atoms with Crippen molar-refractivity contribution in [2.45, 2.75) is 76.5 Å². The average molecular weight is 598 g/mol. The van der Waals surface area contributed by atoms with Crippen LogP contribution in [0.2, 0.25) is 0 Å². The summed E-state index contributed by atoms with van der Waals surface area (Å²) in [6, 6.07) is 16.4. The molecule has 0 radical (unpaired) electrons. The Balaban J connectivity index is 1.00. The maximum Gasteiger partial charge on any atom is 0.335 e. The average Bonchev–Trinajstić information content (AvgIpc) is 3.55. The minimum absolute atomic E-state index is 0.0300. The Morgan fingerprint density at radius 2 is 1.64 bits per heavy atom. The van der Waals surface area contributed by atoms with Gasteiger partial charge in [-0.05, 0) is 88.1 Å². The number of aromatic nitrogens is 2. The van der Waals surface area contributed by atoms with Gasteiger partial charge < -0.3 is 20.1 Å². The third-order valence-corrected chi connectivity index (χ3v) is 9.70. The summed E-state index contributed by atoms with van der Waals surface area (Å²) in [7, 11) is 0. The maximum absolute atomic E-state index is 13.6. The number of amides is 1. The standard InChI is InChI=1S/C35H43N5O4/c1-23-6-8-26(9-7-23)31-5-3-4-30(44-31)20-36-33-24(2)32(37-22-38-33)34(41)39-18-15-29(16-19-39)40-17-14-28(21-40)25-10-12-27(13-11-25)35(42)43/h6-13,22,28-31H,3-5,14-21H2,1-2H3,(H,42,43)(H,36,37,38)/t28?,30-,31?/m1/s1. The Kier molecular flexibility index (Phi) is 9.23. The number of nitrogens with zero attached hydrogens (tertiary/aromatic N) is 4. The number of nitrogens with one attached hydrogen (secondary N) is 1. The first-order chi connectivity index (χ1) is 21.4. The molecule has 0 bridgehead atoms. The highest BCUT2D eigenvalue weighted by Crippen LogP contribution is 2.33. The monoisotopic (exact) mass is 597 g/mol. The summed E-state index contributed by atoms with van der Waals surface area (Å²) in [6.07, 6.45) is 7.76. The number of carboxylic acid groups (broad SMARTS) is 1. The van der Waals surface area contributed by atoms with Crippen LogP contribution >= 0.6 is 0 Å². The molecule has 1 amide bonds. The molecule has 4 heterocycles. The molecule has 3 fully saturated rings. The quantitative estimate of drug-likeness (QED) is 0.345. The number of aromatic carboxylic acids is 1. The van der Waals surface area contributed by atoms with E-state index in [9.17, 15) is 14.7 Å². The number of anilines is 1. The molecule has 3 aromatic rings. The van der Waals surface area contributed by atoms with Crippen molar-refractivity contribution < 1.29 is 19.4 Å². The van der Waals surface area contributed by atoms with Crippen molar-refractivity contribution in [1.29, 1.82) is 0 Å². The lowest BCUT2D eigenvalue weighted by Crippen LogP contribution is -2.46. The fourth-order valence-electron chi connectivity index (χ4n) is 7.00. The van der Waals surface area contributed by atoms with E-state index in [1.165, 1.54) is 23.0 Å². The lowest BCUT2D eigenvalue weighted by Gasteiger charge is -2.37. The number of likely N-dealkylation sites (tertiary alicyclic amines) is 2. The minimum Gasteiger partial charge on any atom is -0.478 e. The van der Waals surface area contributed by atoms with Gasteiger partial charge in [-0.2, -0.15) is 0 Å². The predicted octanol–water partition coefficient (Wildman–Crippen LogP) is 5.61. The molecular formula is C35H43N5O4. The maximum atomic E-state index is 13.6. The number of piperidine rings is 1. The van der Waals surface area contributed by atoms with Crippen LogP contribution in [0.15, 0.2) is 54.9 Å². The number of hydrogen-bond acceptors (Lipinski definition) is 7. The van der Waals surface area contributed by atoms with Crippen LogP contribution in [0.1, 0.15) is 93.6 Å². The summed E-state index contributed by atoms with van der Waals surface area (Å²) in [5, 5.41) is 12.6. The van der Waals surface area contributed by atoms with Crippen molar-refractivity contribution in [3.63, 3.8) is 0 Å². The van der Waals surface area contributed by atoms with E-state index in [1.54, 1.807) is 12.1 Å². The van der Waals surface area contributed by atoms with Gasteiger partial charge in [0.05, 0.1) is 17.8 Å². The Morgan fingerprint density at radius 1 is 0.909 bits per heavy atom. The van der Waals surface area contributed by atoms with Crippen molar-refractivity contribution >= 4 is 17.7 Å². The molecule has 44 heavy (non-hydrogen) atoms. The second-order valence-corrected chi connectivity index (χ2v) is 12.6. The molecule has 3 saturated heterocycles. The second kappa shape index (κ2) is 13.4. The molecule has 3 atom stereocenters. The van der Waals surface area contributed by atoms with Crippen LogP contribution in [0.25, 0.3) is 0 Å². The van der Waals surface area contributed by atoms with Gasteiger partial charge in [0.15, 0.2) is 0 Å². The lowest BCUT2D eigenvalue weighted by molar-refractivity contribution is -0.0442.